The fraction of sp³-hybridized carbons (Fsp3) is 0.364. The van der Waals surface area contributed by atoms with E-state index >= 15 is 0 Å². The molecule has 0 saturated carbocycles. The van der Waals surface area contributed by atoms with Gasteiger partial charge >= 0.3 is 0 Å². The van der Waals surface area contributed by atoms with Gasteiger partial charge in [0.2, 0.25) is 5.91 Å². The summed E-state index contributed by atoms with van der Waals surface area (Å²) in [6.07, 6.45) is 0. The lowest BCUT2D eigenvalue weighted by molar-refractivity contribution is -0.133. The Morgan fingerprint density at radius 1 is 1.41 bits per heavy atom. The molecule has 0 aromatic heterocycles. The molecule has 1 rings (SSSR count). The van der Waals surface area contributed by atoms with E-state index in [0.717, 1.165) is 17.0 Å². The molecule has 6 heteroatoms. The minimum atomic E-state index is -0.700. The summed E-state index contributed by atoms with van der Waals surface area (Å²) in [4.78, 5) is 12.2. The van der Waals surface area contributed by atoms with Crippen LogP contribution < -0.4 is 4.74 Å². The molecule has 0 aliphatic rings. The summed E-state index contributed by atoms with van der Waals surface area (Å²) >= 11 is 0. The van der Waals surface area contributed by atoms with Gasteiger partial charge in [-0.1, -0.05) is 0 Å². The Balaban J connectivity index is 2.92. The Morgan fingerprint density at radius 2 is 2.06 bits per heavy atom. The maximum atomic E-state index is 13.5. The lowest BCUT2D eigenvalue weighted by Crippen LogP contribution is -2.29. The Hall–Kier alpha value is -1.69. The number of hydrogen-bond acceptors (Lipinski definition) is 3. The van der Waals surface area contributed by atoms with E-state index in [2.05, 4.69) is 4.74 Å². The Bertz CT molecular complexity index is 423. The van der Waals surface area contributed by atoms with Crippen LogP contribution in [-0.4, -0.2) is 36.7 Å². The largest absolute Gasteiger partial charge is 0.494 e. The van der Waals surface area contributed by atoms with Gasteiger partial charge in [-0.25, -0.2) is 8.78 Å². The average molecular weight is 245 g/mol. The van der Waals surface area contributed by atoms with E-state index in [4.69, 9.17) is 5.11 Å². The Labute approximate surface area is 97.4 Å². The van der Waals surface area contributed by atoms with Crippen molar-refractivity contribution in [3.8, 4) is 5.75 Å². The van der Waals surface area contributed by atoms with Crippen molar-refractivity contribution >= 4 is 5.91 Å². The van der Waals surface area contributed by atoms with Crippen LogP contribution in [0.4, 0.5) is 8.78 Å². The molecular formula is C11H13F2NO3. The zero-order valence-corrected chi connectivity index (χ0v) is 9.54. The number of methoxy groups -OCH3 is 1. The highest BCUT2D eigenvalue weighted by Gasteiger charge is 2.14. The summed E-state index contributed by atoms with van der Waals surface area (Å²) in [5, 5.41) is 8.61. The number of likely N-dealkylation sites (N-methyl/N-ethyl adjacent to an activating group) is 1. The quantitative estimate of drug-likeness (QED) is 0.858. The SMILES string of the molecule is COc1cc(F)c(CN(C)C(=O)CO)cc1F. The van der Waals surface area contributed by atoms with Gasteiger partial charge in [0, 0.05) is 25.2 Å². The molecule has 4 nitrogen and oxygen atoms in total. The van der Waals surface area contributed by atoms with Crippen LogP contribution in [0.25, 0.3) is 0 Å². The number of hydrogen-bond donors (Lipinski definition) is 1. The van der Waals surface area contributed by atoms with Crippen molar-refractivity contribution in [2.45, 2.75) is 6.54 Å². The molecule has 94 valence electrons. The van der Waals surface area contributed by atoms with Gasteiger partial charge < -0.3 is 14.7 Å². The van der Waals surface area contributed by atoms with Crippen LogP contribution >= 0.6 is 0 Å². The predicted octanol–water partition coefficient (Wildman–Crippen LogP) is 0.924. The van der Waals surface area contributed by atoms with Gasteiger partial charge in [0.1, 0.15) is 12.4 Å². The third-order valence-electron chi connectivity index (χ3n) is 2.29. The highest BCUT2D eigenvalue weighted by molar-refractivity contribution is 5.76. The van der Waals surface area contributed by atoms with E-state index in [0.29, 0.717) is 0 Å². The molecule has 0 fully saturated rings. The number of ether oxygens (including phenoxy) is 1. The van der Waals surface area contributed by atoms with Crippen LogP contribution in [0.3, 0.4) is 0 Å². The van der Waals surface area contributed by atoms with Crippen molar-refractivity contribution in [2.75, 3.05) is 20.8 Å². The molecule has 1 amide bonds. The molecule has 1 N–H and O–H groups in total. The normalized spacial score (nSPS) is 10.2. The third kappa shape index (κ3) is 3.13. The smallest absolute Gasteiger partial charge is 0.248 e. The van der Waals surface area contributed by atoms with E-state index < -0.39 is 24.1 Å². The van der Waals surface area contributed by atoms with Crippen LogP contribution in [0.15, 0.2) is 12.1 Å². The standard InChI is InChI=1S/C11H13F2NO3/c1-14(11(16)6-15)5-7-3-9(13)10(17-2)4-8(7)12/h3-4,15H,5-6H2,1-2H3. The van der Waals surface area contributed by atoms with Crippen molar-refractivity contribution in [1.29, 1.82) is 0 Å². The number of rotatable bonds is 4. The summed E-state index contributed by atoms with van der Waals surface area (Å²) < 4.78 is 31.4. The summed E-state index contributed by atoms with van der Waals surface area (Å²) in [7, 11) is 2.62. The second kappa shape index (κ2) is 5.58. The van der Waals surface area contributed by atoms with Gasteiger partial charge in [0.25, 0.3) is 0 Å². The van der Waals surface area contributed by atoms with E-state index in [1.54, 1.807) is 0 Å². The minimum Gasteiger partial charge on any atom is -0.494 e. The molecule has 0 heterocycles. The maximum absolute atomic E-state index is 13.5. The molecule has 0 radical (unpaired) electrons. The molecule has 0 spiro atoms. The topological polar surface area (TPSA) is 49.8 Å². The van der Waals surface area contributed by atoms with Gasteiger partial charge in [-0.2, -0.15) is 0 Å². The monoisotopic (exact) mass is 245 g/mol. The molecule has 17 heavy (non-hydrogen) atoms. The van der Waals surface area contributed by atoms with E-state index in [1.165, 1.54) is 14.2 Å². The molecule has 0 bridgehead atoms. The Kier molecular flexibility index (Phi) is 4.39. The highest BCUT2D eigenvalue weighted by atomic mass is 19.1. The first kappa shape index (κ1) is 13.4. The predicted molar refractivity (Wildman–Crippen MR) is 56.5 cm³/mol. The molecule has 0 atom stereocenters. The summed E-state index contributed by atoms with van der Waals surface area (Å²) in [5.74, 6) is -2.13. The molecule has 0 unspecified atom stereocenters. The van der Waals surface area contributed by atoms with Gasteiger partial charge in [-0.15, -0.1) is 0 Å². The van der Waals surface area contributed by atoms with Crippen LogP contribution in [0.2, 0.25) is 0 Å². The number of aliphatic hydroxyl groups is 1. The first-order chi connectivity index (χ1) is 7.99. The van der Waals surface area contributed by atoms with Crippen molar-refractivity contribution in [3.63, 3.8) is 0 Å². The second-order valence-corrected chi connectivity index (χ2v) is 3.49. The zero-order valence-electron chi connectivity index (χ0n) is 9.54. The summed E-state index contributed by atoms with van der Waals surface area (Å²) in [6, 6.07) is 1.89. The Morgan fingerprint density at radius 3 is 2.59 bits per heavy atom. The number of carbonyl (C=O) groups is 1. The summed E-state index contributed by atoms with van der Waals surface area (Å²) in [6.45, 7) is -0.789. The number of amides is 1. The summed E-state index contributed by atoms with van der Waals surface area (Å²) in [5.41, 5.74) is 0.0209. The van der Waals surface area contributed by atoms with Crippen molar-refractivity contribution in [3.05, 3.63) is 29.3 Å². The second-order valence-electron chi connectivity index (χ2n) is 3.49. The number of carbonyl (C=O) groups excluding carboxylic acids is 1. The van der Waals surface area contributed by atoms with Crippen molar-refractivity contribution in [2.24, 2.45) is 0 Å². The highest BCUT2D eigenvalue weighted by Crippen LogP contribution is 2.21. The van der Waals surface area contributed by atoms with Gasteiger partial charge in [-0.3, -0.25) is 4.79 Å². The van der Waals surface area contributed by atoms with E-state index in [9.17, 15) is 13.6 Å². The van der Waals surface area contributed by atoms with Crippen LogP contribution in [0.1, 0.15) is 5.56 Å². The lowest BCUT2D eigenvalue weighted by Gasteiger charge is -2.16. The fourth-order valence-corrected chi connectivity index (χ4v) is 1.31. The van der Waals surface area contributed by atoms with Crippen LogP contribution in [0.5, 0.6) is 5.75 Å². The van der Waals surface area contributed by atoms with E-state index in [-0.39, 0.29) is 17.9 Å². The van der Waals surface area contributed by atoms with Crippen LogP contribution in [-0.2, 0) is 11.3 Å². The maximum Gasteiger partial charge on any atom is 0.248 e. The van der Waals surface area contributed by atoms with Crippen molar-refractivity contribution < 1.29 is 23.4 Å². The zero-order chi connectivity index (χ0) is 13.0. The van der Waals surface area contributed by atoms with Gasteiger partial charge in [0.05, 0.1) is 7.11 Å². The molecule has 0 aliphatic carbocycles. The number of halogens is 2. The van der Waals surface area contributed by atoms with Crippen LogP contribution in [0, 0.1) is 11.6 Å². The van der Waals surface area contributed by atoms with Gasteiger partial charge in [-0.05, 0) is 6.07 Å². The van der Waals surface area contributed by atoms with Crippen molar-refractivity contribution in [1.82, 2.24) is 4.90 Å². The average Bonchev–Trinajstić information content (AvgIpc) is 2.32. The van der Waals surface area contributed by atoms with E-state index in [1.807, 2.05) is 0 Å². The number of benzene rings is 1. The lowest BCUT2D eigenvalue weighted by atomic mass is 10.2. The number of aliphatic hydroxyl groups excluding tert-OH is 1. The fourth-order valence-electron chi connectivity index (χ4n) is 1.31. The van der Waals surface area contributed by atoms with Gasteiger partial charge in [0.15, 0.2) is 11.6 Å². The molecule has 0 aliphatic heterocycles. The molecule has 1 aromatic rings. The third-order valence-corrected chi connectivity index (χ3v) is 2.29. The molecule has 0 saturated heterocycles. The first-order valence-corrected chi connectivity index (χ1v) is 4.86. The first-order valence-electron chi connectivity index (χ1n) is 4.86. The molecule has 1 aromatic carbocycles. The molecular weight excluding hydrogens is 232 g/mol. The number of nitrogens with zero attached hydrogens (tertiary/aromatic N) is 1. The minimum absolute atomic E-state index is 0.0209.